The predicted molar refractivity (Wildman–Crippen MR) is 82.3 cm³/mol. The lowest BCUT2D eigenvalue weighted by Crippen LogP contribution is -2.32. The number of nitrogens with zero attached hydrogens (tertiary/aromatic N) is 7. The maximum Gasteiger partial charge on any atom is 0.167 e. The van der Waals surface area contributed by atoms with Crippen molar-refractivity contribution in [3.05, 3.63) is 23.1 Å². The predicted octanol–water partition coefficient (Wildman–Crippen LogP) is 1.80. The fourth-order valence-corrected chi connectivity index (χ4v) is 2.91. The Hall–Kier alpha value is -2.42. The Balaban J connectivity index is 2.05. The highest BCUT2D eigenvalue weighted by molar-refractivity contribution is 5.81. The molecule has 0 aliphatic carbocycles. The first kappa shape index (κ1) is 15.5. The summed E-state index contributed by atoms with van der Waals surface area (Å²) in [6.45, 7) is 4.33. The first-order chi connectivity index (χ1) is 11.2. The van der Waals surface area contributed by atoms with Crippen molar-refractivity contribution in [3.63, 3.8) is 0 Å². The third-order valence-electron chi connectivity index (χ3n) is 3.92. The molecular formula is C13H18N8O2. The molecular weight excluding hydrogens is 300 g/mol. The highest BCUT2D eigenvalue weighted by Gasteiger charge is 2.45. The van der Waals surface area contributed by atoms with Gasteiger partial charge >= 0.3 is 0 Å². The number of fused-ring (bicyclic) bond motifs is 1. The zero-order valence-corrected chi connectivity index (χ0v) is 12.9. The number of anilines is 1. The number of aromatic nitrogens is 4. The summed E-state index contributed by atoms with van der Waals surface area (Å²) in [5, 5.41) is 3.87. The van der Waals surface area contributed by atoms with Gasteiger partial charge in [-0.2, -0.15) is 0 Å². The molecule has 2 N–H and O–H groups in total. The van der Waals surface area contributed by atoms with Crippen molar-refractivity contribution in [2.24, 2.45) is 5.11 Å². The number of ether oxygens (including phenoxy) is 2. The van der Waals surface area contributed by atoms with Crippen LogP contribution in [0.3, 0.4) is 0 Å². The van der Waals surface area contributed by atoms with Gasteiger partial charge in [-0.25, -0.2) is 15.0 Å². The lowest BCUT2D eigenvalue weighted by molar-refractivity contribution is -0.0588. The summed E-state index contributed by atoms with van der Waals surface area (Å²) in [4.78, 5) is 15.4. The Morgan fingerprint density at radius 3 is 2.96 bits per heavy atom. The summed E-state index contributed by atoms with van der Waals surface area (Å²) in [5.41, 5.74) is 15.7. The van der Waals surface area contributed by atoms with Gasteiger partial charge in [0.2, 0.25) is 0 Å². The van der Waals surface area contributed by atoms with Crippen molar-refractivity contribution in [2.45, 2.75) is 44.7 Å². The molecule has 0 saturated carbocycles. The van der Waals surface area contributed by atoms with Gasteiger partial charge in [0.25, 0.3) is 0 Å². The molecule has 0 amide bonds. The molecule has 1 fully saturated rings. The van der Waals surface area contributed by atoms with E-state index in [-0.39, 0.29) is 6.10 Å². The van der Waals surface area contributed by atoms with Gasteiger partial charge in [-0.1, -0.05) is 12.0 Å². The molecule has 122 valence electrons. The smallest absolute Gasteiger partial charge is 0.167 e. The molecule has 1 saturated heterocycles. The van der Waals surface area contributed by atoms with Gasteiger partial charge in [-0.3, -0.25) is 4.57 Å². The van der Waals surface area contributed by atoms with E-state index in [0.717, 1.165) is 0 Å². The van der Waals surface area contributed by atoms with E-state index in [1.165, 1.54) is 6.33 Å². The summed E-state index contributed by atoms with van der Waals surface area (Å²) in [5.74, 6) is 0.304. The number of azide groups is 1. The molecule has 0 aromatic carbocycles. The molecule has 3 heterocycles. The van der Waals surface area contributed by atoms with E-state index in [4.69, 9.17) is 20.7 Å². The fourth-order valence-electron chi connectivity index (χ4n) is 2.91. The van der Waals surface area contributed by atoms with Gasteiger partial charge in [0, 0.05) is 11.5 Å². The van der Waals surface area contributed by atoms with E-state index in [1.807, 2.05) is 13.8 Å². The van der Waals surface area contributed by atoms with Crippen LogP contribution in [0.4, 0.5) is 5.82 Å². The second-order valence-corrected chi connectivity index (χ2v) is 5.17. The minimum Gasteiger partial charge on any atom is -0.382 e. The summed E-state index contributed by atoms with van der Waals surface area (Å²) < 4.78 is 13.6. The first-order valence-electron chi connectivity index (χ1n) is 7.45. The standard InChI is InChI=1S/C13H18N8O2/c1-3-7-8(19-20-15)10(22-4-2)13(23-7)21-6-18-9-11(14)16-5-17-12(9)21/h5-8,10,13H,3-4H2,1-2H3,(H2,14,16,17)/t7-,8-,10-,13-/m1/s1. The van der Waals surface area contributed by atoms with Gasteiger partial charge in [-0.15, -0.1) is 0 Å². The van der Waals surface area contributed by atoms with E-state index in [2.05, 4.69) is 25.0 Å². The third kappa shape index (κ3) is 2.56. The molecule has 2 aromatic rings. The summed E-state index contributed by atoms with van der Waals surface area (Å²) in [6, 6.07) is -0.411. The van der Waals surface area contributed by atoms with Gasteiger partial charge in [0.05, 0.1) is 18.5 Å². The second kappa shape index (κ2) is 6.37. The molecule has 10 nitrogen and oxygen atoms in total. The van der Waals surface area contributed by atoms with Crippen LogP contribution in [0.5, 0.6) is 0 Å². The Labute approximate surface area is 132 Å². The molecule has 23 heavy (non-hydrogen) atoms. The molecule has 0 bridgehead atoms. The Morgan fingerprint density at radius 1 is 1.43 bits per heavy atom. The average Bonchev–Trinajstić information content (AvgIpc) is 3.11. The summed E-state index contributed by atoms with van der Waals surface area (Å²) >= 11 is 0. The topological polar surface area (TPSA) is 137 Å². The van der Waals surface area contributed by atoms with E-state index in [1.54, 1.807) is 10.9 Å². The number of nitrogen functional groups attached to an aromatic ring is 1. The van der Waals surface area contributed by atoms with E-state index in [0.29, 0.717) is 30.0 Å². The van der Waals surface area contributed by atoms with Gasteiger partial charge in [-0.05, 0) is 18.9 Å². The zero-order chi connectivity index (χ0) is 16.4. The van der Waals surface area contributed by atoms with E-state index in [9.17, 15) is 0 Å². The van der Waals surface area contributed by atoms with Gasteiger partial charge in [0.15, 0.2) is 17.7 Å². The van der Waals surface area contributed by atoms with Crippen molar-refractivity contribution in [3.8, 4) is 0 Å². The number of rotatable bonds is 5. The Kier molecular flexibility index (Phi) is 4.28. The van der Waals surface area contributed by atoms with Gasteiger partial charge in [0.1, 0.15) is 17.9 Å². The number of hydrogen-bond donors (Lipinski definition) is 1. The molecule has 3 rings (SSSR count). The van der Waals surface area contributed by atoms with Crippen molar-refractivity contribution < 1.29 is 9.47 Å². The maximum atomic E-state index is 8.84. The number of nitrogens with two attached hydrogens (primary N) is 1. The summed E-state index contributed by atoms with van der Waals surface area (Å²) in [6.07, 6.45) is 2.53. The van der Waals surface area contributed by atoms with Crippen LogP contribution in [-0.2, 0) is 9.47 Å². The van der Waals surface area contributed by atoms with Crippen LogP contribution in [0.15, 0.2) is 17.8 Å². The Morgan fingerprint density at radius 2 is 2.26 bits per heavy atom. The number of imidazole rings is 1. The fraction of sp³-hybridized carbons (Fsp3) is 0.615. The minimum absolute atomic E-state index is 0.232. The molecule has 10 heteroatoms. The van der Waals surface area contributed by atoms with Crippen LogP contribution in [0.1, 0.15) is 26.5 Å². The molecule has 0 radical (unpaired) electrons. The van der Waals surface area contributed by atoms with E-state index < -0.39 is 18.4 Å². The maximum absolute atomic E-state index is 8.84. The summed E-state index contributed by atoms with van der Waals surface area (Å²) in [7, 11) is 0. The normalized spacial score (nSPS) is 27.2. The van der Waals surface area contributed by atoms with Crippen LogP contribution in [0, 0.1) is 0 Å². The van der Waals surface area contributed by atoms with Gasteiger partial charge < -0.3 is 15.2 Å². The third-order valence-corrected chi connectivity index (χ3v) is 3.92. The van der Waals surface area contributed by atoms with Crippen LogP contribution in [0.25, 0.3) is 21.6 Å². The first-order valence-corrected chi connectivity index (χ1v) is 7.45. The van der Waals surface area contributed by atoms with Crippen LogP contribution in [-0.4, -0.2) is 44.4 Å². The average molecular weight is 318 g/mol. The molecule has 1 aliphatic rings. The molecule has 0 unspecified atom stereocenters. The molecule has 2 aromatic heterocycles. The lowest BCUT2D eigenvalue weighted by atomic mass is 10.1. The monoisotopic (exact) mass is 318 g/mol. The molecule has 0 spiro atoms. The second-order valence-electron chi connectivity index (χ2n) is 5.17. The lowest BCUT2D eigenvalue weighted by Gasteiger charge is -2.21. The minimum atomic E-state index is -0.491. The zero-order valence-electron chi connectivity index (χ0n) is 12.9. The SMILES string of the molecule is CCO[C@@H]1[C@H](N=[N+]=[N-])[C@@H](CC)O[C@H]1n1cnc2c(N)ncnc21. The van der Waals surface area contributed by atoms with Crippen LogP contribution >= 0.6 is 0 Å². The van der Waals surface area contributed by atoms with Crippen molar-refractivity contribution in [1.29, 1.82) is 0 Å². The largest absolute Gasteiger partial charge is 0.382 e. The highest BCUT2D eigenvalue weighted by Crippen LogP contribution is 2.36. The quantitative estimate of drug-likeness (QED) is 0.507. The van der Waals surface area contributed by atoms with Crippen LogP contribution in [0.2, 0.25) is 0 Å². The Bertz CT molecular complexity index is 741. The molecule has 1 aliphatic heterocycles. The van der Waals surface area contributed by atoms with Crippen molar-refractivity contribution in [2.75, 3.05) is 12.3 Å². The number of hydrogen-bond acceptors (Lipinski definition) is 7. The van der Waals surface area contributed by atoms with Crippen molar-refractivity contribution in [1.82, 2.24) is 19.5 Å². The molecule has 4 atom stereocenters. The van der Waals surface area contributed by atoms with E-state index >= 15 is 0 Å². The van der Waals surface area contributed by atoms with Crippen molar-refractivity contribution >= 4 is 17.0 Å². The van der Waals surface area contributed by atoms with Crippen LogP contribution < -0.4 is 5.73 Å². The highest BCUT2D eigenvalue weighted by atomic mass is 16.6.